The number of fused-ring (bicyclic) bond motifs is 1. The van der Waals surface area contributed by atoms with Gasteiger partial charge in [-0.2, -0.15) is 0 Å². The number of imidazole rings is 1. The Bertz CT molecular complexity index is 1330. The summed E-state index contributed by atoms with van der Waals surface area (Å²) in [7, 11) is 0. The highest BCUT2D eigenvalue weighted by Crippen LogP contribution is 2.32. The number of hydrogen-bond donors (Lipinski definition) is 0. The maximum absolute atomic E-state index is 4.77. The van der Waals surface area contributed by atoms with Gasteiger partial charge < -0.3 is 9.47 Å². The molecule has 1 aliphatic rings. The van der Waals surface area contributed by atoms with Gasteiger partial charge in [-0.05, 0) is 47.0 Å². The summed E-state index contributed by atoms with van der Waals surface area (Å²) in [5.74, 6) is 0. The maximum atomic E-state index is 4.77. The highest BCUT2D eigenvalue weighted by atomic mass is 15.3. The smallest absolute Gasteiger partial charge is 0.0966 e. The van der Waals surface area contributed by atoms with E-state index in [0.717, 1.165) is 38.2 Å². The Hall–Kier alpha value is -3.96. The first kappa shape index (κ1) is 21.6. The number of benzene rings is 3. The van der Waals surface area contributed by atoms with E-state index in [1.54, 1.807) is 0 Å². The fraction of sp³-hybridized carbons (Fsp3) is 0.200. The normalized spacial score (nSPS) is 14.6. The van der Waals surface area contributed by atoms with Crippen molar-refractivity contribution < 1.29 is 0 Å². The quantitative estimate of drug-likeness (QED) is 0.341. The Morgan fingerprint density at radius 1 is 0.714 bits per heavy atom. The van der Waals surface area contributed by atoms with Crippen molar-refractivity contribution in [3.63, 3.8) is 0 Å². The molecule has 3 aromatic carbocycles. The van der Waals surface area contributed by atoms with E-state index in [1.807, 2.05) is 18.7 Å². The summed E-state index contributed by atoms with van der Waals surface area (Å²) in [5, 5.41) is 0. The van der Waals surface area contributed by atoms with Crippen molar-refractivity contribution in [1.82, 2.24) is 19.4 Å². The van der Waals surface area contributed by atoms with E-state index in [0.29, 0.717) is 0 Å². The molecule has 0 bridgehead atoms. The molecule has 0 atom stereocenters. The molecule has 174 valence electrons. The minimum atomic E-state index is 0.0786. The van der Waals surface area contributed by atoms with Gasteiger partial charge in [0.25, 0.3) is 0 Å². The standard InChI is InChI=1S/C30H29N5/c1-3-7-25(8-4-1)30(26-9-5-2-6-10-26)35-23-32-28-12-11-27(21-29(28)35)34-19-17-33(18-20-34)22-24-13-15-31-16-14-24/h1-16,21,23,30H,17-20,22H2. The molecule has 6 rings (SSSR count). The van der Waals surface area contributed by atoms with Gasteiger partial charge in [-0.25, -0.2) is 4.98 Å². The van der Waals surface area contributed by atoms with E-state index in [1.165, 1.54) is 27.9 Å². The Morgan fingerprint density at radius 3 is 2.03 bits per heavy atom. The van der Waals surface area contributed by atoms with Gasteiger partial charge in [-0.15, -0.1) is 0 Å². The van der Waals surface area contributed by atoms with Crippen LogP contribution in [0.3, 0.4) is 0 Å². The van der Waals surface area contributed by atoms with Gasteiger partial charge in [0.2, 0.25) is 0 Å². The second kappa shape index (κ2) is 9.72. The summed E-state index contributed by atoms with van der Waals surface area (Å²) < 4.78 is 2.32. The summed E-state index contributed by atoms with van der Waals surface area (Å²) in [6.07, 6.45) is 5.75. The molecule has 0 amide bonds. The summed E-state index contributed by atoms with van der Waals surface area (Å²) in [5.41, 5.74) is 7.30. The van der Waals surface area contributed by atoms with Gasteiger partial charge in [0.1, 0.15) is 0 Å². The predicted octanol–water partition coefficient (Wildman–Crippen LogP) is 5.39. The van der Waals surface area contributed by atoms with Gasteiger partial charge in [0.15, 0.2) is 0 Å². The Labute approximate surface area is 206 Å². The van der Waals surface area contributed by atoms with E-state index >= 15 is 0 Å². The van der Waals surface area contributed by atoms with Crippen molar-refractivity contribution in [2.24, 2.45) is 0 Å². The number of pyridine rings is 1. The molecule has 0 unspecified atom stereocenters. The number of piperazine rings is 1. The average molecular weight is 460 g/mol. The molecule has 0 saturated carbocycles. The third kappa shape index (κ3) is 4.55. The zero-order valence-corrected chi connectivity index (χ0v) is 19.7. The van der Waals surface area contributed by atoms with Crippen molar-refractivity contribution >= 4 is 16.7 Å². The lowest BCUT2D eigenvalue weighted by atomic mass is 9.98. The lowest BCUT2D eigenvalue weighted by Crippen LogP contribution is -2.45. The average Bonchev–Trinajstić information content (AvgIpc) is 3.34. The van der Waals surface area contributed by atoms with E-state index in [4.69, 9.17) is 4.98 Å². The molecule has 35 heavy (non-hydrogen) atoms. The first-order valence-corrected chi connectivity index (χ1v) is 12.3. The third-order valence-corrected chi connectivity index (χ3v) is 6.96. The fourth-order valence-corrected chi connectivity index (χ4v) is 5.11. The van der Waals surface area contributed by atoms with Gasteiger partial charge in [0.05, 0.1) is 23.4 Å². The van der Waals surface area contributed by atoms with Crippen LogP contribution in [-0.4, -0.2) is 45.6 Å². The van der Waals surface area contributed by atoms with Crippen LogP contribution >= 0.6 is 0 Å². The number of anilines is 1. The second-order valence-corrected chi connectivity index (χ2v) is 9.17. The summed E-state index contributed by atoms with van der Waals surface area (Å²) in [6.45, 7) is 5.13. The first-order valence-electron chi connectivity index (χ1n) is 12.3. The lowest BCUT2D eigenvalue weighted by Gasteiger charge is -2.36. The molecule has 5 nitrogen and oxygen atoms in total. The van der Waals surface area contributed by atoms with E-state index in [2.05, 4.69) is 110 Å². The van der Waals surface area contributed by atoms with Crippen LogP contribution in [0.15, 0.2) is 110 Å². The molecule has 3 heterocycles. The van der Waals surface area contributed by atoms with E-state index < -0.39 is 0 Å². The Kier molecular flexibility index (Phi) is 5.99. The molecule has 0 radical (unpaired) electrons. The zero-order valence-electron chi connectivity index (χ0n) is 19.7. The Balaban J connectivity index is 1.28. The molecule has 2 aromatic heterocycles. The maximum Gasteiger partial charge on any atom is 0.0966 e. The number of rotatable bonds is 6. The van der Waals surface area contributed by atoms with Crippen LogP contribution in [0.5, 0.6) is 0 Å². The molecular formula is C30H29N5. The SMILES string of the molecule is c1ccc(C(c2ccccc2)n2cnc3ccc(N4CCN(Cc5ccncc5)CC4)cc32)cc1. The van der Waals surface area contributed by atoms with Gasteiger partial charge in [-0.1, -0.05) is 60.7 Å². The van der Waals surface area contributed by atoms with Crippen molar-refractivity contribution in [1.29, 1.82) is 0 Å². The monoisotopic (exact) mass is 459 g/mol. The van der Waals surface area contributed by atoms with Crippen molar-refractivity contribution in [3.05, 3.63) is 126 Å². The minimum Gasteiger partial charge on any atom is -0.369 e. The number of nitrogens with zero attached hydrogens (tertiary/aromatic N) is 5. The highest BCUT2D eigenvalue weighted by Gasteiger charge is 2.21. The third-order valence-electron chi connectivity index (χ3n) is 6.96. The first-order chi connectivity index (χ1) is 17.3. The topological polar surface area (TPSA) is 37.2 Å². The van der Waals surface area contributed by atoms with Crippen molar-refractivity contribution in [2.75, 3.05) is 31.1 Å². The van der Waals surface area contributed by atoms with Crippen LogP contribution in [0.2, 0.25) is 0 Å². The van der Waals surface area contributed by atoms with Crippen LogP contribution in [0.4, 0.5) is 5.69 Å². The molecular weight excluding hydrogens is 430 g/mol. The molecule has 0 spiro atoms. The molecule has 1 saturated heterocycles. The molecule has 5 heteroatoms. The van der Waals surface area contributed by atoms with Crippen molar-refractivity contribution in [2.45, 2.75) is 12.6 Å². The molecule has 1 aliphatic heterocycles. The van der Waals surface area contributed by atoms with E-state index in [9.17, 15) is 0 Å². The predicted molar refractivity (Wildman–Crippen MR) is 142 cm³/mol. The van der Waals surface area contributed by atoms with Gasteiger partial charge >= 0.3 is 0 Å². The van der Waals surface area contributed by atoms with Crippen molar-refractivity contribution in [3.8, 4) is 0 Å². The zero-order chi connectivity index (χ0) is 23.5. The van der Waals surface area contributed by atoms with E-state index in [-0.39, 0.29) is 6.04 Å². The van der Waals surface area contributed by atoms with Crippen LogP contribution < -0.4 is 4.90 Å². The lowest BCUT2D eigenvalue weighted by molar-refractivity contribution is 0.250. The molecule has 1 fully saturated rings. The largest absolute Gasteiger partial charge is 0.369 e. The van der Waals surface area contributed by atoms with Crippen LogP contribution in [0.1, 0.15) is 22.7 Å². The minimum absolute atomic E-state index is 0.0786. The molecule has 0 aliphatic carbocycles. The highest BCUT2D eigenvalue weighted by molar-refractivity contribution is 5.80. The van der Waals surface area contributed by atoms with Crippen LogP contribution in [0.25, 0.3) is 11.0 Å². The second-order valence-electron chi connectivity index (χ2n) is 9.17. The summed E-state index contributed by atoms with van der Waals surface area (Å²) >= 11 is 0. The number of hydrogen-bond acceptors (Lipinski definition) is 4. The van der Waals surface area contributed by atoms with Gasteiger partial charge in [-0.3, -0.25) is 9.88 Å². The molecule has 5 aromatic rings. The van der Waals surface area contributed by atoms with Crippen LogP contribution in [0, 0.1) is 0 Å². The fourth-order valence-electron chi connectivity index (χ4n) is 5.11. The van der Waals surface area contributed by atoms with Gasteiger partial charge in [0, 0.05) is 50.8 Å². The molecule has 0 N–H and O–H groups in total. The number of aromatic nitrogens is 3. The van der Waals surface area contributed by atoms with Crippen LogP contribution in [-0.2, 0) is 6.54 Å². The summed E-state index contributed by atoms with van der Waals surface area (Å²) in [6, 6.07) is 32.4. The Morgan fingerprint density at radius 2 is 1.37 bits per heavy atom. The summed E-state index contributed by atoms with van der Waals surface area (Å²) in [4.78, 5) is 13.9.